The van der Waals surface area contributed by atoms with E-state index in [0.717, 1.165) is 17.7 Å². The van der Waals surface area contributed by atoms with E-state index < -0.39 is 17.6 Å². The average molecular weight is 471 g/mol. The number of halogens is 5. The van der Waals surface area contributed by atoms with E-state index in [2.05, 4.69) is 20.7 Å². The molecule has 0 unspecified atom stereocenters. The summed E-state index contributed by atoms with van der Waals surface area (Å²) < 4.78 is 53.6. The first-order chi connectivity index (χ1) is 11.3. The van der Waals surface area contributed by atoms with E-state index in [4.69, 9.17) is 0 Å². The van der Waals surface area contributed by atoms with Crippen molar-refractivity contribution in [2.24, 2.45) is 12.0 Å². The van der Waals surface area contributed by atoms with Crippen LogP contribution in [0.25, 0.3) is 0 Å². The molecule has 0 atom stereocenters. The summed E-state index contributed by atoms with van der Waals surface area (Å²) in [5.41, 5.74) is -0.163. The molecular weight excluding hydrogens is 453 g/mol. The van der Waals surface area contributed by atoms with Crippen LogP contribution in [-0.4, -0.2) is 22.8 Å². The number of benzene rings is 1. The van der Waals surface area contributed by atoms with Crippen molar-refractivity contribution in [2.45, 2.75) is 19.3 Å². The van der Waals surface area contributed by atoms with E-state index in [-0.39, 0.29) is 36.1 Å². The Labute approximate surface area is 159 Å². The second-order valence-corrected chi connectivity index (χ2v) is 5.10. The summed E-state index contributed by atoms with van der Waals surface area (Å²) in [4.78, 5) is 3.95. The molecular formula is C15H18F4IN5. The third kappa shape index (κ3) is 6.18. The number of aliphatic imine (C=N–C) groups is 1. The molecule has 0 fully saturated rings. The summed E-state index contributed by atoms with van der Waals surface area (Å²) in [6.45, 7) is 0.283. The van der Waals surface area contributed by atoms with Gasteiger partial charge in [-0.05, 0) is 17.7 Å². The summed E-state index contributed by atoms with van der Waals surface area (Å²) >= 11 is 0. The number of nitrogens with zero attached hydrogens (tertiary/aromatic N) is 3. The highest BCUT2D eigenvalue weighted by molar-refractivity contribution is 14.0. The second kappa shape index (κ2) is 9.02. The van der Waals surface area contributed by atoms with Crippen LogP contribution in [0.15, 0.2) is 35.6 Å². The maximum absolute atomic E-state index is 13.1. The Hall–Kier alpha value is -1.85. The number of rotatable bonds is 4. The zero-order chi connectivity index (χ0) is 17.7. The monoisotopic (exact) mass is 471 g/mol. The van der Waals surface area contributed by atoms with Crippen LogP contribution in [0.5, 0.6) is 0 Å². The summed E-state index contributed by atoms with van der Waals surface area (Å²) in [5.74, 6) is -0.596. The molecule has 0 saturated heterocycles. The number of hydrogen-bond acceptors (Lipinski definition) is 2. The van der Waals surface area contributed by atoms with Crippen LogP contribution in [0, 0.1) is 5.82 Å². The van der Waals surface area contributed by atoms with Crippen molar-refractivity contribution in [3.63, 3.8) is 0 Å². The standard InChI is InChI=1S/C15H17F4N5.HI/c1-20-14(21-6-10-7-23-24(2)9-10)22-8-11-3-4-12(16)5-13(11)15(17,18)19;/h3-5,7,9H,6,8H2,1-2H3,(H2,20,21,22);1H. The van der Waals surface area contributed by atoms with Gasteiger partial charge in [-0.3, -0.25) is 9.67 Å². The lowest BCUT2D eigenvalue weighted by Crippen LogP contribution is -2.36. The quantitative estimate of drug-likeness (QED) is 0.312. The first-order valence-corrected chi connectivity index (χ1v) is 7.07. The van der Waals surface area contributed by atoms with Gasteiger partial charge in [0.05, 0.1) is 11.8 Å². The molecule has 1 heterocycles. The highest BCUT2D eigenvalue weighted by Crippen LogP contribution is 2.32. The van der Waals surface area contributed by atoms with E-state index in [1.54, 1.807) is 17.9 Å². The number of guanidine groups is 1. The fourth-order valence-electron chi connectivity index (χ4n) is 2.12. The fraction of sp³-hybridized carbons (Fsp3) is 0.333. The number of nitrogens with one attached hydrogen (secondary N) is 2. The minimum absolute atomic E-state index is 0. The fourth-order valence-corrected chi connectivity index (χ4v) is 2.12. The third-order valence-corrected chi connectivity index (χ3v) is 3.27. The van der Waals surface area contributed by atoms with Crippen LogP contribution in [-0.2, 0) is 26.3 Å². The van der Waals surface area contributed by atoms with E-state index in [0.29, 0.717) is 18.6 Å². The molecule has 0 bridgehead atoms. The van der Waals surface area contributed by atoms with Crippen molar-refractivity contribution in [3.8, 4) is 0 Å². The predicted octanol–water partition coefficient (Wildman–Crippen LogP) is 3.06. The molecule has 2 aromatic rings. The summed E-state index contributed by atoms with van der Waals surface area (Å²) in [6, 6.07) is 2.60. The molecule has 0 radical (unpaired) electrons. The Balaban J connectivity index is 0.00000312. The molecule has 0 spiro atoms. The highest BCUT2D eigenvalue weighted by Gasteiger charge is 2.33. The number of aromatic nitrogens is 2. The van der Waals surface area contributed by atoms with Gasteiger partial charge in [0.1, 0.15) is 5.82 Å². The number of hydrogen-bond donors (Lipinski definition) is 2. The number of alkyl halides is 3. The van der Waals surface area contributed by atoms with Gasteiger partial charge in [0.25, 0.3) is 0 Å². The Morgan fingerprint density at radius 1 is 1.24 bits per heavy atom. The first kappa shape index (κ1) is 21.2. The molecule has 138 valence electrons. The van der Waals surface area contributed by atoms with Gasteiger partial charge in [-0.25, -0.2) is 4.39 Å². The topological polar surface area (TPSA) is 54.2 Å². The van der Waals surface area contributed by atoms with Crippen LogP contribution in [0.4, 0.5) is 17.6 Å². The van der Waals surface area contributed by atoms with Crippen molar-refractivity contribution in [1.82, 2.24) is 20.4 Å². The molecule has 2 N–H and O–H groups in total. The molecule has 0 saturated carbocycles. The van der Waals surface area contributed by atoms with Gasteiger partial charge in [0.2, 0.25) is 0 Å². The van der Waals surface area contributed by atoms with Crippen LogP contribution in [0.2, 0.25) is 0 Å². The lowest BCUT2D eigenvalue weighted by atomic mass is 10.1. The van der Waals surface area contributed by atoms with Gasteiger partial charge in [-0.2, -0.15) is 18.3 Å². The van der Waals surface area contributed by atoms with Gasteiger partial charge in [0, 0.05) is 38.9 Å². The number of aryl methyl sites for hydroxylation is 1. The SMILES string of the molecule is CN=C(NCc1cnn(C)c1)NCc1ccc(F)cc1C(F)(F)F.I. The molecule has 2 rings (SSSR count). The lowest BCUT2D eigenvalue weighted by molar-refractivity contribution is -0.138. The molecule has 10 heteroatoms. The molecule has 0 aliphatic carbocycles. The molecule has 5 nitrogen and oxygen atoms in total. The molecule has 0 aliphatic rings. The van der Waals surface area contributed by atoms with Crippen LogP contribution >= 0.6 is 24.0 Å². The van der Waals surface area contributed by atoms with Crippen molar-refractivity contribution < 1.29 is 17.6 Å². The molecule has 1 aromatic carbocycles. The van der Waals surface area contributed by atoms with Gasteiger partial charge in [0.15, 0.2) is 5.96 Å². The largest absolute Gasteiger partial charge is 0.416 e. The van der Waals surface area contributed by atoms with E-state index in [9.17, 15) is 17.6 Å². The summed E-state index contributed by atoms with van der Waals surface area (Å²) in [6.07, 6.45) is -1.14. The van der Waals surface area contributed by atoms with E-state index >= 15 is 0 Å². The maximum Gasteiger partial charge on any atom is 0.416 e. The normalized spacial score (nSPS) is 11.8. The Morgan fingerprint density at radius 3 is 2.48 bits per heavy atom. The summed E-state index contributed by atoms with van der Waals surface area (Å²) in [7, 11) is 3.29. The van der Waals surface area contributed by atoms with Crippen molar-refractivity contribution in [3.05, 3.63) is 53.1 Å². The molecule has 25 heavy (non-hydrogen) atoms. The zero-order valence-corrected chi connectivity index (χ0v) is 15.9. The van der Waals surface area contributed by atoms with Crippen molar-refractivity contribution >= 4 is 29.9 Å². The van der Waals surface area contributed by atoms with Crippen LogP contribution in [0.3, 0.4) is 0 Å². The van der Waals surface area contributed by atoms with Gasteiger partial charge >= 0.3 is 6.18 Å². The van der Waals surface area contributed by atoms with Crippen molar-refractivity contribution in [1.29, 1.82) is 0 Å². The Kier molecular flexibility index (Phi) is 7.64. The van der Waals surface area contributed by atoms with Crippen LogP contribution < -0.4 is 10.6 Å². The first-order valence-electron chi connectivity index (χ1n) is 7.07. The molecule has 0 aliphatic heterocycles. The van der Waals surface area contributed by atoms with Crippen LogP contribution in [0.1, 0.15) is 16.7 Å². The average Bonchev–Trinajstić information content (AvgIpc) is 2.93. The minimum atomic E-state index is -4.62. The Bertz CT molecular complexity index is 727. The molecule has 1 aromatic heterocycles. The van der Waals surface area contributed by atoms with Gasteiger partial charge in [-0.1, -0.05) is 6.07 Å². The summed E-state index contributed by atoms with van der Waals surface area (Å²) in [5, 5.41) is 9.77. The smallest absolute Gasteiger partial charge is 0.352 e. The van der Waals surface area contributed by atoms with Gasteiger partial charge < -0.3 is 10.6 Å². The highest BCUT2D eigenvalue weighted by atomic mass is 127. The maximum atomic E-state index is 13.1. The van der Waals surface area contributed by atoms with Gasteiger partial charge in [-0.15, -0.1) is 24.0 Å². The Morgan fingerprint density at radius 2 is 1.92 bits per heavy atom. The third-order valence-electron chi connectivity index (χ3n) is 3.27. The van der Waals surface area contributed by atoms with E-state index in [1.165, 1.54) is 7.05 Å². The predicted molar refractivity (Wildman–Crippen MR) is 97.1 cm³/mol. The molecule has 0 amide bonds. The van der Waals surface area contributed by atoms with E-state index in [1.807, 2.05) is 6.20 Å². The zero-order valence-electron chi connectivity index (χ0n) is 13.6. The van der Waals surface area contributed by atoms with Crippen molar-refractivity contribution in [2.75, 3.05) is 7.05 Å². The second-order valence-electron chi connectivity index (χ2n) is 5.10. The minimum Gasteiger partial charge on any atom is -0.352 e. The lowest BCUT2D eigenvalue weighted by Gasteiger charge is -2.15.